The molecular formula is C14H26N2O2. The van der Waals surface area contributed by atoms with Crippen LogP contribution in [0.1, 0.15) is 51.4 Å². The molecule has 0 aromatic carbocycles. The SMILES string of the molecule is NC(=O)C1(O)CCCN(CC2CCCCCC2)C1. The second-order valence-corrected chi connectivity index (χ2v) is 6.09. The van der Waals surface area contributed by atoms with Crippen molar-refractivity contribution < 1.29 is 9.90 Å². The summed E-state index contributed by atoms with van der Waals surface area (Å²) in [6.07, 6.45) is 9.37. The monoisotopic (exact) mass is 254 g/mol. The van der Waals surface area contributed by atoms with Gasteiger partial charge in [-0.25, -0.2) is 0 Å². The van der Waals surface area contributed by atoms with Crippen molar-refractivity contribution in [2.45, 2.75) is 57.0 Å². The molecule has 104 valence electrons. The van der Waals surface area contributed by atoms with Gasteiger partial charge in [0.2, 0.25) is 0 Å². The summed E-state index contributed by atoms with van der Waals surface area (Å²) in [4.78, 5) is 13.6. The lowest BCUT2D eigenvalue weighted by molar-refractivity contribution is -0.142. The highest BCUT2D eigenvalue weighted by atomic mass is 16.3. The maximum Gasteiger partial charge on any atom is 0.250 e. The first-order chi connectivity index (χ1) is 8.60. The average Bonchev–Trinajstić information content (AvgIpc) is 2.57. The largest absolute Gasteiger partial charge is 0.379 e. The second-order valence-electron chi connectivity index (χ2n) is 6.09. The summed E-state index contributed by atoms with van der Waals surface area (Å²) in [5.74, 6) is 0.177. The molecule has 1 saturated carbocycles. The van der Waals surface area contributed by atoms with Crippen LogP contribution in [-0.2, 0) is 4.79 Å². The van der Waals surface area contributed by atoms with Crippen LogP contribution in [0.2, 0.25) is 0 Å². The van der Waals surface area contributed by atoms with Gasteiger partial charge in [0.1, 0.15) is 0 Å². The lowest BCUT2D eigenvalue weighted by Gasteiger charge is -2.38. The molecule has 18 heavy (non-hydrogen) atoms. The molecule has 1 aliphatic heterocycles. The molecule has 3 N–H and O–H groups in total. The Labute approximate surface area is 110 Å². The molecular weight excluding hydrogens is 228 g/mol. The number of nitrogens with zero attached hydrogens (tertiary/aromatic N) is 1. The number of β-amino-alcohol motifs (C(OH)–C–C–N with tert-alkyl or cyclic N) is 1. The minimum atomic E-state index is -1.29. The molecule has 1 aliphatic carbocycles. The van der Waals surface area contributed by atoms with Crippen molar-refractivity contribution in [1.29, 1.82) is 0 Å². The normalized spacial score (nSPS) is 32.1. The molecule has 1 unspecified atom stereocenters. The van der Waals surface area contributed by atoms with Gasteiger partial charge in [0.05, 0.1) is 0 Å². The van der Waals surface area contributed by atoms with Crippen molar-refractivity contribution in [3.05, 3.63) is 0 Å². The molecule has 0 spiro atoms. The molecule has 0 aromatic heterocycles. The molecule has 2 rings (SSSR count). The van der Waals surface area contributed by atoms with Crippen molar-refractivity contribution in [1.82, 2.24) is 4.90 Å². The van der Waals surface area contributed by atoms with Crippen LogP contribution < -0.4 is 5.73 Å². The smallest absolute Gasteiger partial charge is 0.250 e. The first-order valence-corrected chi connectivity index (χ1v) is 7.35. The van der Waals surface area contributed by atoms with Gasteiger partial charge in [-0.3, -0.25) is 9.69 Å². The molecule has 1 amide bonds. The highest BCUT2D eigenvalue weighted by Crippen LogP contribution is 2.27. The Balaban J connectivity index is 1.87. The Bertz CT molecular complexity index is 288. The Kier molecular flexibility index (Phi) is 4.62. The second kappa shape index (κ2) is 6.02. The van der Waals surface area contributed by atoms with Crippen LogP contribution >= 0.6 is 0 Å². The highest BCUT2D eigenvalue weighted by molar-refractivity contribution is 5.83. The fraction of sp³-hybridized carbons (Fsp3) is 0.929. The van der Waals surface area contributed by atoms with E-state index in [0.29, 0.717) is 13.0 Å². The van der Waals surface area contributed by atoms with Crippen LogP contribution in [0.4, 0.5) is 0 Å². The summed E-state index contributed by atoms with van der Waals surface area (Å²) < 4.78 is 0. The minimum absolute atomic E-state index is 0.429. The summed E-state index contributed by atoms with van der Waals surface area (Å²) in [5, 5.41) is 10.2. The van der Waals surface area contributed by atoms with E-state index >= 15 is 0 Å². The molecule has 2 aliphatic rings. The van der Waals surface area contributed by atoms with Crippen molar-refractivity contribution in [3.63, 3.8) is 0 Å². The van der Waals surface area contributed by atoms with Gasteiger partial charge in [0.15, 0.2) is 5.60 Å². The number of primary amides is 1. The van der Waals surface area contributed by atoms with E-state index < -0.39 is 11.5 Å². The average molecular weight is 254 g/mol. The molecule has 0 bridgehead atoms. The van der Waals surface area contributed by atoms with Crippen LogP contribution in [0.3, 0.4) is 0 Å². The highest BCUT2D eigenvalue weighted by Gasteiger charge is 2.38. The van der Waals surface area contributed by atoms with Gasteiger partial charge in [-0.15, -0.1) is 0 Å². The summed E-state index contributed by atoms with van der Waals surface area (Å²) in [7, 11) is 0. The molecule has 0 aromatic rings. The van der Waals surface area contributed by atoms with Crippen LogP contribution in [-0.4, -0.2) is 41.1 Å². The molecule has 0 radical (unpaired) electrons. The van der Waals surface area contributed by atoms with E-state index in [9.17, 15) is 9.90 Å². The van der Waals surface area contributed by atoms with Crippen molar-refractivity contribution in [3.8, 4) is 0 Å². The molecule has 1 atom stereocenters. The van der Waals surface area contributed by atoms with E-state index in [4.69, 9.17) is 5.73 Å². The number of carbonyl (C=O) groups excluding carboxylic acids is 1. The fourth-order valence-corrected chi connectivity index (χ4v) is 3.39. The number of hydrogen-bond acceptors (Lipinski definition) is 3. The van der Waals surface area contributed by atoms with E-state index in [2.05, 4.69) is 4.90 Å². The van der Waals surface area contributed by atoms with E-state index in [0.717, 1.165) is 25.4 Å². The number of piperidine rings is 1. The van der Waals surface area contributed by atoms with E-state index in [1.165, 1.54) is 38.5 Å². The maximum atomic E-state index is 11.3. The van der Waals surface area contributed by atoms with E-state index in [-0.39, 0.29) is 0 Å². The lowest BCUT2D eigenvalue weighted by atomic mass is 9.90. The predicted molar refractivity (Wildman–Crippen MR) is 71.0 cm³/mol. The predicted octanol–water partition coefficient (Wildman–Crippen LogP) is 1.27. The van der Waals surface area contributed by atoms with Crippen LogP contribution in [0.5, 0.6) is 0 Å². The van der Waals surface area contributed by atoms with Gasteiger partial charge in [0, 0.05) is 13.1 Å². The van der Waals surface area contributed by atoms with Crippen molar-refractivity contribution in [2.75, 3.05) is 19.6 Å². The zero-order chi connectivity index (χ0) is 13.0. The van der Waals surface area contributed by atoms with Gasteiger partial charge < -0.3 is 10.8 Å². The zero-order valence-electron chi connectivity index (χ0n) is 11.2. The Morgan fingerprint density at radius 2 is 1.89 bits per heavy atom. The standard InChI is InChI=1S/C14H26N2O2/c15-13(17)14(18)8-5-9-16(11-14)10-12-6-3-1-2-4-7-12/h12,18H,1-11H2,(H2,15,17). The molecule has 1 heterocycles. The first kappa shape index (κ1) is 13.8. The third-order valence-electron chi connectivity index (χ3n) is 4.50. The maximum absolute atomic E-state index is 11.3. The number of hydrogen-bond donors (Lipinski definition) is 2. The van der Waals surface area contributed by atoms with Crippen molar-refractivity contribution in [2.24, 2.45) is 11.7 Å². The lowest BCUT2D eigenvalue weighted by Crippen LogP contribution is -2.56. The topological polar surface area (TPSA) is 66.6 Å². The summed E-state index contributed by atoms with van der Waals surface area (Å²) in [5.41, 5.74) is 4.02. The van der Waals surface area contributed by atoms with Gasteiger partial charge in [-0.2, -0.15) is 0 Å². The first-order valence-electron chi connectivity index (χ1n) is 7.35. The van der Waals surface area contributed by atoms with E-state index in [1.54, 1.807) is 0 Å². The number of aliphatic hydroxyl groups is 1. The van der Waals surface area contributed by atoms with E-state index in [1.807, 2.05) is 0 Å². The number of rotatable bonds is 3. The van der Waals surface area contributed by atoms with Gasteiger partial charge in [0.25, 0.3) is 5.91 Å². The Morgan fingerprint density at radius 1 is 1.22 bits per heavy atom. The molecule has 2 fully saturated rings. The van der Waals surface area contributed by atoms with Crippen molar-refractivity contribution >= 4 is 5.91 Å². The summed E-state index contributed by atoms with van der Waals surface area (Å²) >= 11 is 0. The molecule has 1 saturated heterocycles. The van der Waals surface area contributed by atoms with Crippen LogP contribution in [0.15, 0.2) is 0 Å². The van der Waals surface area contributed by atoms with Gasteiger partial charge in [-0.1, -0.05) is 25.7 Å². The molecule has 4 nitrogen and oxygen atoms in total. The van der Waals surface area contributed by atoms with Crippen LogP contribution in [0, 0.1) is 5.92 Å². The Morgan fingerprint density at radius 3 is 2.50 bits per heavy atom. The third kappa shape index (κ3) is 3.45. The quantitative estimate of drug-likeness (QED) is 0.745. The van der Waals surface area contributed by atoms with Gasteiger partial charge >= 0.3 is 0 Å². The fourth-order valence-electron chi connectivity index (χ4n) is 3.39. The number of carbonyl (C=O) groups is 1. The number of likely N-dealkylation sites (tertiary alicyclic amines) is 1. The van der Waals surface area contributed by atoms with Gasteiger partial charge in [-0.05, 0) is 38.1 Å². The number of nitrogens with two attached hydrogens (primary N) is 1. The third-order valence-corrected chi connectivity index (χ3v) is 4.50. The minimum Gasteiger partial charge on any atom is -0.379 e. The van der Waals surface area contributed by atoms with Crippen LogP contribution in [0.25, 0.3) is 0 Å². The number of amides is 1. The summed E-state index contributed by atoms with van der Waals surface area (Å²) in [6, 6.07) is 0. The Hall–Kier alpha value is -0.610. The summed E-state index contributed by atoms with van der Waals surface area (Å²) in [6.45, 7) is 2.44. The molecule has 4 heteroatoms. The zero-order valence-corrected chi connectivity index (χ0v) is 11.2.